The molecule has 1 atom stereocenters. The zero-order valence-electron chi connectivity index (χ0n) is 7.45. The molecule has 0 radical (unpaired) electrons. The molecular formula is C8H13FN2O. The van der Waals surface area contributed by atoms with Gasteiger partial charge in [-0.15, -0.1) is 0 Å². The number of hydrogen-bond donors (Lipinski definition) is 1. The average Bonchev–Trinajstić information content (AvgIpc) is 2.30. The van der Waals surface area contributed by atoms with Crippen LogP contribution in [0.25, 0.3) is 0 Å². The molecule has 0 aliphatic rings. The van der Waals surface area contributed by atoms with Crippen molar-refractivity contribution in [2.75, 3.05) is 0 Å². The maximum absolute atomic E-state index is 13.3. The lowest BCUT2D eigenvalue weighted by molar-refractivity contribution is 0.192. The summed E-state index contributed by atoms with van der Waals surface area (Å²) in [5.41, 5.74) is 0.253. The van der Waals surface area contributed by atoms with Crippen LogP contribution in [-0.4, -0.2) is 14.9 Å². The molecule has 4 heteroatoms. The molecule has 1 N–H and O–H groups in total. The van der Waals surface area contributed by atoms with Gasteiger partial charge in [0.25, 0.3) is 0 Å². The van der Waals surface area contributed by atoms with E-state index in [2.05, 4.69) is 5.10 Å². The Bertz CT molecular complexity index is 243. The van der Waals surface area contributed by atoms with Crippen molar-refractivity contribution in [3.05, 3.63) is 17.7 Å². The quantitative estimate of drug-likeness (QED) is 0.736. The second kappa shape index (κ2) is 3.23. The molecule has 12 heavy (non-hydrogen) atoms. The molecule has 0 amide bonds. The van der Waals surface area contributed by atoms with Crippen LogP contribution in [0.5, 0.6) is 0 Å². The largest absolute Gasteiger partial charge is 0.388 e. The molecule has 0 bridgehead atoms. The third kappa shape index (κ3) is 1.48. The Morgan fingerprint density at radius 1 is 1.50 bits per heavy atom. The fourth-order valence-corrected chi connectivity index (χ4v) is 1.00. The first-order valence-corrected chi connectivity index (χ1v) is 3.95. The van der Waals surface area contributed by atoms with Crippen LogP contribution >= 0.6 is 0 Å². The summed E-state index contributed by atoms with van der Waals surface area (Å²) in [6.07, 6.45) is 0.567. The minimum absolute atomic E-state index is 0.0162. The van der Waals surface area contributed by atoms with Gasteiger partial charge in [0.2, 0.25) is 5.95 Å². The van der Waals surface area contributed by atoms with Gasteiger partial charge in [-0.25, -0.2) is 4.68 Å². The molecule has 1 unspecified atom stereocenters. The van der Waals surface area contributed by atoms with Gasteiger partial charge in [-0.2, -0.15) is 9.49 Å². The zero-order chi connectivity index (χ0) is 9.30. The van der Waals surface area contributed by atoms with Crippen molar-refractivity contribution in [3.63, 3.8) is 0 Å². The SMILES string of the molecule is CC(O)c1cnn(C(C)C)c1F. The minimum atomic E-state index is -0.794. The topological polar surface area (TPSA) is 38.1 Å². The predicted molar refractivity (Wildman–Crippen MR) is 43.2 cm³/mol. The van der Waals surface area contributed by atoms with Crippen LogP contribution in [0, 0.1) is 5.95 Å². The van der Waals surface area contributed by atoms with Gasteiger partial charge in [0.15, 0.2) is 0 Å². The van der Waals surface area contributed by atoms with E-state index in [-0.39, 0.29) is 11.6 Å². The van der Waals surface area contributed by atoms with E-state index >= 15 is 0 Å². The number of hydrogen-bond acceptors (Lipinski definition) is 2. The molecule has 0 aromatic carbocycles. The highest BCUT2D eigenvalue weighted by molar-refractivity contribution is 5.09. The van der Waals surface area contributed by atoms with Gasteiger partial charge < -0.3 is 5.11 Å². The maximum Gasteiger partial charge on any atom is 0.217 e. The Hall–Kier alpha value is -0.900. The van der Waals surface area contributed by atoms with E-state index in [0.29, 0.717) is 0 Å². The maximum atomic E-state index is 13.3. The number of halogens is 1. The van der Waals surface area contributed by atoms with Crippen LogP contribution in [0.3, 0.4) is 0 Å². The van der Waals surface area contributed by atoms with E-state index in [4.69, 9.17) is 5.11 Å². The normalized spacial score (nSPS) is 13.8. The summed E-state index contributed by atoms with van der Waals surface area (Å²) in [5.74, 6) is -0.444. The average molecular weight is 172 g/mol. The van der Waals surface area contributed by atoms with E-state index < -0.39 is 12.1 Å². The van der Waals surface area contributed by atoms with Crippen LogP contribution in [0.1, 0.15) is 38.5 Å². The van der Waals surface area contributed by atoms with Crippen molar-refractivity contribution >= 4 is 0 Å². The Kier molecular flexibility index (Phi) is 2.47. The third-order valence-electron chi connectivity index (χ3n) is 1.70. The number of nitrogens with zero attached hydrogens (tertiary/aromatic N) is 2. The van der Waals surface area contributed by atoms with E-state index in [0.717, 1.165) is 0 Å². The second-order valence-electron chi connectivity index (χ2n) is 3.11. The fourth-order valence-electron chi connectivity index (χ4n) is 1.00. The highest BCUT2D eigenvalue weighted by Gasteiger charge is 2.15. The Morgan fingerprint density at radius 3 is 2.33 bits per heavy atom. The molecule has 1 aromatic rings. The molecule has 0 aliphatic heterocycles. The van der Waals surface area contributed by atoms with Gasteiger partial charge in [-0.05, 0) is 20.8 Å². The number of aromatic nitrogens is 2. The van der Waals surface area contributed by atoms with E-state index in [9.17, 15) is 4.39 Å². The molecule has 68 valence electrons. The summed E-state index contributed by atoms with van der Waals surface area (Å²) in [7, 11) is 0. The molecule has 1 heterocycles. The highest BCUT2D eigenvalue weighted by Crippen LogP contribution is 2.17. The summed E-state index contributed by atoms with van der Waals surface area (Å²) >= 11 is 0. The minimum Gasteiger partial charge on any atom is -0.388 e. The summed E-state index contributed by atoms with van der Waals surface area (Å²) in [6, 6.07) is -0.0162. The van der Waals surface area contributed by atoms with Crippen molar-refractivity contribution in [2.24, 2.45) is 0 Å². The number of aliphatic hydroxyl groups excluding tert-OH is 1. The van der Waals surface area contributed by atoms with Gasteiger partial charge in [0.05, 0.1) is 17.9 Å². The van der Waals surface area contributed by atoms with Gasteiger partial charge in [0.1, 0.15) is 0 Å². The van der Waals surface area contributed by atoms with Crippen molar-refractivity contribution in [1.82, 2.24) is 9.78 Å². The Morgan fingerprint density at radius 2 is 2.08 bits per heavy atom. The number of rotatable bonds is 2. The van der Waals surface area contributed by atoms with E-state index in [1.807, 2.05) is 13.8 Å². The van der Waals surface area contributed by atoms with Crippen molar-refractivity contribution in [2.45, 2.75) is 32.9 Å². The molecule has 3 nitrogen and oxygen atoms in total. The first-order chi connectivity index (χ1) is 5.54. The molecule has 0 fully saturated rings. The van der Waals surface area contributed by atoms with Gasteiger partial charge in [-0.1, -0.05) is 0 Å². The lowest BCUT2D eigenvalue weighted by Gasteiger charge is -2.06. The molecule has 0 spiro atoms. The first-order valence-electron chi connectivity index (χ1n) is 3.95. The summed E-state index contributed by atoms with van der Waals surface area (Å²) in [5, 5.41) is 12.9. The molecule has 1 aromatic heterocycles. The lowest BCUT2D eigenvalue weighted by atomic mass is 10.2. The van der Waals surface area contributed by atoms with Gasteiger partial charge in [-0.3, -0.25) is 0 Å². The Labute approximate surface area is 70.8 Å². The van der Waals surface area contributed by atoms with Crippen molar-refractivity contribution in [3.8, 4) is 0 Å². The van der Waals surface area contributed by atoms with Crippen LogP contribution in [0.2, 0.25) is 0 Å². The van der Waals surface area contributed by atoms with Crippen LogP contribution < -0.4 is 0 Å². The molecule has 0 aliphatic carbocycles. The van der Waals surface area contributed by atoms with Gasteiger partial charge >= 0.3 is 0 Å². The van der Waals surface area contributed by atoms with Crippen LogP contribution in [0.4, 0.5) is 4.39 Å². The highest BCUT2D eigenvalue weighted by atomic mass is 19.1. The lowest BCUT2D eigenvalue weighted by Crippen LogP contribution is -2.06. The summed E-state index contributed by atoms with van der Waals surface area (Å²) < 4.78 is 14.5. The fraction of sp³-hybridized carbons (Fsp3) is 0.625. The molecule has 0 saturated carbocycles. The molecule has 0 saturated heterocycles. The van der Waals surface area contributed by atoms with Crippen molar-refractivity contribution in [1.29, 1.82) is 0 Å². The third-order valence-corrected chi connectivity index (χ3v) is 1.70. The smallest absolute Gasteiger partial charge is 0.217 e. The monoisotopic (exact) mass is 172 g/mol. The van der Waals surface area contributed by atoms with Crippen molar-refractivity contribution < 1.29 is 9.50 Å². The standard InChI is InChI=1S/C8H13FN2O/c1-5(2)11-8(9)7(4-10-11)6(3)12/h4-6,12H,1-3H3. The summed E-state index contributed by atoms with van der Waals surface area (Å²) in [6.45, 7) is 5.19. The zero-order valence-corrected chi connectivity index (χ0v) is 7.45. The molecular weight excluding hydrogens is 159 g/mol. The van der Waals surface area contributed by atoms with E-state index in [1.54, 1.807) is 0 Å². The van der Waals surface area contributed by atoms with E-state index in [1.165, 1.54) is 17.8 Å². The second-order valence-corrected chi connectivity index (χ2v) is 3.11. The van der Waals surface area contributed by atoms with Gasteiger partial charge in [0, 0.05) is 6.04 Å². The predicted octanol–water partition coefficient (Wildman–Crippen LogP) is 1.66. The number of aliphatic hydroxyl groups is 1. The first kappa shape index (κ1) is 9.19. The molecule has 1 rings (SSSR count). The Balaban J connectivity index is 3.04. The van der Waals surface area contributed by atoms with Crippen LogP contribution in [0.15, 0.2) is 6.20 Å². The van der Waals surface area contributed by atoms with Crippen LogP contribution in [-0.2, 0) is 0 Å². The summed E-state index contributed by atoms with van der Waals surface area (Å²) in [4.78, 5) is 0.